The summed E-state index contributed by atoms with van der Waals surface area (Å²) in [7, 11) is -4.96. The third-order valence-corrected chi connectivity index (χ3v) is 4.24. The molecule has 1 aliphatic heterocycles. The first-order chi connectivity index (χ1) is 12.4. The van der Waals surface area contributed by atoms with Crippen molar-refractivity contribution in [3.05, 3.63) is 0 Å². The highest BCUT2D eigenvalue weighted by atomic mass is 31.2. The monoisotopic (exact) mass is 422 g/mol. The molecule has 0 bridgehead atoms. The molecule has 0 radical (unpaired) electrons. The van der Waals surface area contributed by atoms with Crippen LogP contribution in [0.25, 0.3) is 0 Å². The molecule has 160 valence electrons. The molecule has 0 aromatic carbocycles. The highest BCUT2D eigenvalue weighted by Gasteiger charge is 2.47. The fourth-order valence-electron chi connectivity index (χ4n) is 2.27. The summed E-state index contributed by atoms with van der Waals surface area (Å²) < 4.78 is 25.0. The van der Waals surface area contributed by atoms with E-state index in [-0.39, 0.29) is 6.29 Å². The Hall–Kier alpha value is -0.580. The summed E-state index contributed by atoms with van der Waals surface area (Å²) in [4.78, 5) is 28.0. The number of carbonyl (C=O) groups excluding carboxylic acids is 1. The Morgan fingerprint density at radius 1 is 1.07 bits per heavy atom. The molecule has 1 rings (SSSR count). The van der Waals surface area contributed by atoms with Gasteiger partial charge >= 0.3 is 7.82 Å². The van der Waals surface area contributed by atoms with Gasteiger partial charge in [0.1, 0.15) is 48.8 Å². The van der Waals surface area contributed by atoms with Crippen LogP contribution >= 0.6 is 7.82 Å². The number of aliphatic hydroxyl groups is 7. The van der Waals surface area contributed by atoms with Crippen molar-refractivity contribution >= 4 is 14.1 Å². The summed E-state index contributed by atoms with van der Waals surface area (Å²) in [5, 5.41) is 67.5. The van der Waals surface area contributed by atoms with Gasteiger partial charge < -0.3 is 59.8 Å². The molecule has 1 saturated heterocycles. The van der Waals surface area contributed by atoms with Crippen molar-refractivity contribution in [3.63, 3.8) is 0 Å². The molecule has 0 aromatic rings. The van der Waals surface area contributed by atoms with Gasteiger partial charge in [0.25, 0.3) is 0 Å². The lowest BCUT2D eigenvalue weighted by molar-refractivity contribution is -0.325. The lowest BCUT2D eigenvalue weighted by Crippen LogP contribution is -2.61. The average molecular weight is 422 g/mol. The van der Waals surface area contributed by atoms with Crippen molar-refractivity contribution in [2.75, 3.05) is 13.2 Å². The fraction of sp³-hybridized carbons (Fsp3) is 0.917. The molecular formula is C12H23O14P. The Morgan fingerprint density at radius 2 is 1.67 bits per heavy atom. The Bertz CT molecular complexity index is 512. The first kappa shape index (κ1) is 24.5. The van der Waals surface area contributed by atoms with Crippen LogP contribution in [0.15, 0.2) is 0 Å². The van der Waals surface area contributed by atoms with E-state index in [0.29, 0.717) is 0 Å². The van der Waals surface area contributed by atoms with Crippen molar-refractivity contribution < 1.29 is 68.9 Å². The number of aliphatic hydroxyl groups excluding tert-OH is 7. The van der Waals surface area contributed by atoms with Gasteiger partial charge in [-0.2, -0.15) is 0 Å². The van der Waals surface area contributed by atoms with E-state index in [2.05, 4.69) is 4.52 Å². The third-order valence-electron chi connectivity index (χ3n) is 3.76. The first-order valence-electron chi connectivity index (χ1n) is 7.58. The van der Waals surface area contributed by atoms with Crippen molar-refractivity contribution in [3.8, 4) is 0 Å². The van der Waals surface area contributed by atoms with Crippen molar-refractivity contribution in [2.24, 2.45) is 0 Å². The van der Waals surface area contributed by atoms with E-state index >= 15 is 0 Å². The second-order valence-corrected chi connectivity index (χ2v) is 7.01. The minimum atomic E-state index is -4.96. The molecule has 0 spiro atoms. The maximum Gasteiger partial charge on any atom is 0.469 e. The van der Waals surface area contributed by atoms with E-state index in [9.17, 15) is 40.0 Å². The van der Waals surface area contributed by atoms with E-state index in [1.807, 2.05) is 0 Å². The maximum atomic E-state index is 10.7. The van der Waals surface area contributed by atoms with Crippen LogP contribution in [0.1, 0.15) is 0 Å². The second-order valence-electron chi connectivity index (χ2n) is 5.77. The zero-order valence-corrected chi connectivity index (χ0v) is 14.6. The molecular weight excluding hydrogens is 399 g/mol. The second kappa shape index (κ2) is 10.3. The van der Waals surface area contributed by atoms with Gasteiger partial charge in [0.15, 0.2) is 12.6 Å². The topological polar surface area (TPSA) is 244 Å². The molecule has 9 N–H and O–H groups in total. The average Bonchev–Trinajstić information content (AvgIpc) is 2.62. The molecule has 27 heavy (non-hydrogen) atoms. The summed E-state index contributed by atoms with van der Waals surface area (Å²) in [5.41, 5.74) is 0. The van der Waals surface area contributed by atoms with E-state index in [0.717, 1.165) is 0 Å². The van der Waals surface area contributed by atoms with Gasteiger partial charge in [0, 0.05) is 0 Å². The number of carbonyl (C=O) groups is 1. The zero-order chi connectivity index (χ0) is 20.9. The largest absolute Gasteiger partial charge is 0.469 e. The van der Waals surface area contributed by atoms with E-state index in [1.165, 1.54) is 0 Å². The minimum absolute atomic E-state index is 0.0848. The van der Waals surface area contributed by atoms with Gasteiger partial charge in [-0.3, -0.25) is 4.52 Å². The smallest absolute Gasteiger partial charge is 0.394 e. The lowest BCUT2D eigenvalue weighted by Gasteiger charge is -2.42. The predicted molar refractivity (Wildman–Crippen MR) is 80.7 cm³/mol. The van der Waals surface area contributed by atoms with Crippen LogP contribution in [0.2, 0.25) is 0 Å². The SMILES string of the molecule is O=CC(O)C(O)C(OC1OC(COP(=O)(O)O)C(O)C(O)C1O)C(O)CO. The Balaban J connectivity index is 2.95. The van der Waals surface area contributed by atoms with Gasteiger partial charge in [0.05, 0.1) is 13.2 Å². The number of phosphoric ester groups is 1. The van der Waals surface area contributed by atoms with E-state index in [1.54, 1.807) is 0 Å². The summed E-state index contributed by atoms with van der Waals surface area (Å²) in [6.45, 7) is -1.92. The molecule has 14 nitrogen and oxygen atoms in total. The standard InChI is InChI=1S/C12H23O14P/c13-1-4(15)7(17)11(5(16)2-14)26-12-10(20)9(19)8(18)6(25-12)3-24-27(21,22)23/h1,4-12,14-20H,2-3H2,(H2,21,22,23). The quantitative estimate of drug-likeness (QED) is 0.118. The van der Waals surface area contributed by atoms with Crippen LogP contribution in [0.5, 0.6) is 0 Å². The van der Waals surface area contributed by atoms with Crippen LogP contribution in [0, 0.1) is 0 Å². The summed E-state index contributed by atoms with van der Waals surface area (Å²) in [6, 6.07) is 0. The molecule has 0 aliphatic carbocycles. The molecule has 0 amide bonds. The molecule has 9 atom stereocenters. The van der Waals surface area contributed by atoms with Crippen LogP contribution in [-0.4, -0.2) is 120 Å². The normalized spacial score (nSPS) is 33.9. The molecule has 9 unspecified atom stereocenters. The minimum Gasteiger partial charge on any atom is -0.394 e. The Morgan fingerprint density at radius 3 is 2.15 bits per heavy atom. The maximum absolute atomic E-state index is 10.7. The number of phosphoric acid groups is 1. The van der Waals surface area contributed by atoms with E-state index in [4.69, 9.17) is 24.4 Å². The molecule has 1 fully saturated rings. The van der Waals surface area contributed by atoms with Gasteiger partial charge in [0.2, 0.25) is 0 Å². The molecule has 0 saturated carbocycles. The van der Waals surface area contributed by atoms with Crippen molar-refractivity contribution in [2.45, 2.75) is 55.1 Å². The number of hydrogen-bond acceptors (Lipinski definition) is 12. The number of aldehydes is 1. The van der Waals surface area contributed by atoms with Crippen LogP contribution < -0.4 is 0 Å². The van der Waals surface area contributed by atoms with Crippen LogP contribution in [0.3, 0.4) is 0 Å². The van der Waals surface area contributed by atoms with Gasteiger partial charge in [-0.05, 0) is 0 Å². The number of hydrogen-bond donors (Lipinski definition) is 9. The van der Waals surface area contributed by atoms with Crippen molar-refractivity contribution in [1.82, 2.24) is 0 Å². The molecule has 1 aliphatic rings. The van der Waals surface area contributed by atoms with Crippen LogP contribution in [-0.2, 0) is 23.4 Å². The highest BCUT2D eigenvalue weighted by molar-refractivity contribution is 7.46. The third kappa shape index (κ3) is 6.76. The molecule has 0 aromatic heterocycles. The number of ether oxygens (including phenoxy) is 2. The van der Waals surface area contributed by atoms with Gasteiger partial charge in [-0.1, -0.05) is 0 Å². The Labute approximate surface area is 152 Å². The lowest BCUT2D eigenvalue weighted by atomic mass is 9.98. The molecule has 15 heteroatoms. The van der Waals surface area contributed by atoms with Crippen molar-refractivity contribution in [1.29, 1.82) is 0 Å². The Kier molecular flexibility index (Phi) is 9.30. The molecule has 1 heterocycles. The fourth-order valence-corrected chi connectivity index (χ4v) is 2.61. The first-order valence-corrected chi connectivity index (χ1v) is 9.11. The summed E-state index contributed by atoms with van der Waals surface area (Å²) >= 11 is 0. The zero-order valence-electron chi connectivity index (χ0n) is 13.7. The van der Waals surface area contributed by atoms with Crippen LogP contribution in [0.4, 0.5) is 0 Å². The summed E-state index contributed by atoms with van der Waals surface area (Å²) in [6.07, 6.45) is -17.2. The van der Waals surface area contributed by atoms with E-state index < -0.39 is 76.2 Å². The summed E-state index contributed by atoms with van der Waals surface area (Å²) in [5.74, 6) is 0. The predicted octanol–water partition coefficient (Wildman–Crippen LogP) is -5.44. The number of rotatable bonds is 10. The highest BCUT2D eigenvalue weighted by Crippen LogP contribution is 2.37. The van der Waals surface area contributed by atoms with Gasteiger partial charge in [-0.15, -0.1) is 0 Å². The van der Waals surface area contributed by atoms with Gasteiger partial charge in [-0.25, -0.2) is 4.57 Å².